The molecular weight excluding hydrogens is 328 g/mol. The molecule has 1 fully saturated rings. The fourth-order valence-electron chi connectivity index (χ4n) is 3.21. The first-order valence-corrected chi connectivity index (χ1v) is 8.64. The van der Waals surface area contributed by atoms with E-state index in [9.17, 15) is 4.79 Å². The average Bonchev–Trinajstić information content (AvgIpc) is 2.49. The molecule has 1 aromatic carbocycles. The number of carbonyl (C=O) groups is 1. The van der Waals surface area contributed by atoms with Crippen molar-refractivity contribution in [2.75, 3.05) is 6.54 Å². The molecule has 1 aliphatic carbocycles. The Morgan fingerprint density at radius 1 is 1.33 bits per heavy atom. The van der Waals surface area contributed by atoms with E-state index in [4.69, 9.17) is 5.73 Å². The number of nitrogens with one attached hydrogen (secondary N) is 1. The lowest BCUT2D eigenvalue weighted by Gasteiger charge is -2.30. The first-order valence-electron chi connectivity index (χ1n) is 7.85. The van der Waals surface area contributed by atoms with Gasteiger partial charge in [-0.1, -0.05) is 40.9 Å². The van der Waals surface area contributed by atoms with Crippen LogP contribution in [0.25, 0.3) is 0 Å². The molecule has 3 N–H and O–H groups in total. The van der Waals surface area contributed by atoms with E-state index >= 15 is 0 Å². The van der Waals surface area contributed by atoms with Crippen LogP contribution in [0.4, 0.5) is 0 Å². The summed E-state index contributed by atoms with van der Waals surface area (Å²) in [7, 11) is 0. The highest BCUT2D eigenvalue weighted by atomic mass is 79.9. The van der Waals surface area contributed by atoms with E-state index < -0.39 is 0 Å². The summed E-state index contributed by atoms with van der Waals surface area (Å²) >= 11 is 3.44. The highest BCUT2D eigenvalue weighted by molar-refractivity contribution is 9.10. The van der Waals surface area contributed by atoms with Crippen LogP contribution in [0, 0.1) is 11.8 Å². The molecule has 0 bridgehead atoms. The monoisotopic (exact) mass is 352 g/mol. The van der Waals surface area contributed by atoms with Crippen LogP contribution in [0.1, 0.15) is 38.2 Å². The zero-order valence-electron chi connectivity index (χ0n) is 12.6. The Morgan fingerprint density at radius 3 is 2.67 bits per heavy atom. The quantitative estimate of drug-likeness (QED) is 0.854. The van der Waals surface area contributed by atoms with Crippen LogP contribution in [-0.2, 0) is 11.2 Å². The van der Waals surface area contributed by atoms with Crippen molar-refractivity contribution in [3.63, 3.8) is 0 Å². The van der Waals surface area contributed by atoms with Crippen LogP contribution in [-0.4, -0.2) is 18.5 Å². The second-order valence-electron chi connectivity index (χ2n) is 6.13. The lowest BCUT2D eigenvalue weighted by Crippen LogP contribution is -2.43. The molecule has 0 radical (unpaired) electrons. The lowest BCUT2D eigenvalue weighted by atomic mass is 9.78. The minimum atomic E-state index is 0.108. The fourth-order valence-corrected chi connectivity index (χ4v) is 3.47. The van der Waals surface area contributed by atoms with Crippen molar-refractivity contribution in [3.8, 4) is 0 Å². The Bertz CT molecular complexity index is 460. The van der Waals surface area contributed by atoms with E-state index in [1.807, 2.05) is 12.1 Å². The molecule has 116 valence electrons. The van der Waals surface area contributed by atoms with Gasteiger partial charge >= 0.3 is 0 Å². The zero-order valence-corrected chi connectivity index (χ0v) is 14.2. The third kappa shape index (κ3) is 4.82. The van der Waals surface area contributed by atoms with Gasteiger partial charge in [0.15, 0.2) is 0 Å². The second-order valence-corrected chi connectivity index (χ2v) is 7.04. The molecule has 0 spiro atoms. The summed E-state index contributed by atoms with van der Waals surface area (Å²) in [6.07, 6.45) is 5.29. The minimum absolute atomic E-state index is 0.108. The first kappa shape index (κ1) is 16.5. The van der Waals surface area contributed by atoms with E-state index in [1.165, 1.54) is 12.0 Å². The molecule has 3 nitrogen and oxygen atoms in total. The molecule has 4 heteroatoms. The molecule has 1 amide bonds. The van der Waals surface area contributed by atoms with Crippen molar-refractivity contribution in [2.24, 2.45) is 17.6 Å². The van der Waals surface area contributed by atoms with Gasteiger partial charge in [0.05, 0.1) is 0 Å². The number of rotatable bonds is 5. The van der Waals surface area contributed by atoms with Crippen molar-refractivity contribution in [3.05, 3.63) is 34.3 Å². The third-order valence-electron chi connectivity index (χ3n) is 4.39. The highest BCUT2D eigenvalue weighted by Gasteiger charge is 2.30. The molecular formula is C17H25BrN2O. The van der Waals surface area contributed by atoms with Gasteiger partial charge in [-0.05, 0) is 56.3 Å². The summed E-state index contributed by atoms with van der Waals surface area (Å²) in [5.41, 5.74) is 7.06. The molecule has 1 aliphatic rings. The molecule has 0 heterocycles. The number of benzene rings is 1. The molecule has 0 saturated heterocycles. The normalized spacial score (nSPS) is 23.6. The Morgan fingerprint density at radius 2 is 2.00 bits per heavy atom. The molecule has 3 unspecified atom stereocenters. The summed E-state index contributed by atoms with van der Waals surface area (Å²) in [4.78, 5) is 12.4. The van der Waals surface area contributed by atoms with Gasteiger partial charge in [-0.15, -0.1) is 0 Å². The van der Waals surface area contributed by atoms with Crippen LogP contribution < -0.4 is 11.1 Å². The number of halogens is 1. The first-order chi connectivity index (χ1) is 10.1. The Hall–Kier alpha value is -0.870. The van der Waals surface area contributed by atoms with Crippen LogP contribution >= 0.6 is 15.9 Å². The summed E-state index contributed by atoms with van der Waals surface area (Å²) in [6, 6.07) is 8.41. The van der Waals surface area contributed by atoms with Crippen LogP contribution in [0.5, 0.6) is 0 Å². The predicted octanol–water partition coefficient (Wildman–Crippen LogP) is 3.26. The van der Waals surface area contributed by atoms with Gasteiger partial charge in [-0.2, -0.15) is 0 Å². The lowest BCUT2D eigenvalue weighted by molar-refractivity contribution is -0.128. The highest BCUT2D eigenvalue weighted by Crippen LogP contribution is 2.29. The van der Waals surface area contributed by atoms with E-state index in [1.54, 1.807) is 0 Å². The zero-order chi connectivity index (χ0) is 15.2. The van der Waals surface area contributed by atoms with Crippen molar-refractivity contribution in [1.29, 1.82) is 0 Å². The Kier molecular flexibility index (Phi) is 6.24. The maximum absolute atomic E-state index is 12.4. The standard InChI is InChI=1S/C17H25BrN2O/c1-12(10-13-6-8-15(18)9-7-13)20-17(21)16-5-3-2-4-14(16)11-19/h6-9,12,14,16H,2-5,10-11,19H2,1H3,(H,20,21). The van der Waals surface area contributed by atoms with Crippen LogP contribution in [0.2, 0.25) is 0 Å². The van der Waals surface area contributed by atoms with Crippen LogP contribution in [0.3, 0.4) is 0 Å². The molecule has 2 rings (SSSR count). The summed E-state index contributed by atoms with van der Waals surface area (Å²) in [6.45, 7) is 2.69. The number of amides is 1. The maximum atomic E-state index is 12.4. The summed E-state index contributed by atoms with van der Waals surface area (Å²) < 4.78 is 1.08. The molecule has 1 saturated carbocycles. The van der Waals surface area contributed by atoms with Gasteiger partial charge in [0.1, 0.15) is 0 Å². The summed E-state index contributed by atoms with van der Waals surface area (Å²) in [5.74, 6) is 0.657. The van der Waals surface area contributed by atoms with Gasteiger partial charge in [-0.3, -0.25) is 4.79 Å². The number of nitrogens with two attached hydrogens (primary N) is 1. The number of carbonyl (C=O) groups excluding carboxylic acids is 1. The Balaban J connectivity index is 1.87. The molecule has 0 aliphatic heterocycles. The SMILES string of the molecule is CC(Cc1ccc(Br)cc1)NC(=O)C1CCCCC1CN. The van der Waals surface area contributed by atoms with Crippen molar-refractivity contribution in [2.45, 2.75) is 45.1 Å². The average molecular weight is 353 g/mol. The van der Waals surface area contributed by atoms with E-state index in [2.05, 4.69) is 40.3 Å². The molecule has 21 heavy (non-hydrogen) atoms. The molecule has 0 aromatic heterocycles. The van der Waals surface area contributed by atoms with Gasteiger partial charge in [-0.25, -0.2) is 0 Å². The molecule has 3 atom stereocenters. The van der Waals surface area contributed by atoms with Crippen LogP contribution in [0.15, 0.2) is 28.7 Å². The second kappa shape index (κ2) is 7.95. The molecule has 1 aromatic rings. The maximum Gasteiger partial charge on any atom is 0.223 e. The van der Waals surface area contributed by atoms with Gasteiger partial charge in [0, 0.05) is 16.4 Å². The van der Waals surface area contributed by atoms with Gasteiger partial charge in [0.25, 0.3) is 0 Å². The smallest absolute Gasteiger partial charge is 0.223 e. The van der Waals surface area contributed by atoms with Crippen molar-refractivity contribution >= 4 is 21.8 Å². The van der Waals surface area contributed by atoms with Crippen molar-refractivity contribution in [1.82, 2.24) is 5.32 Å². The minimum Gasteiger partial charge on any atom is -0.353 e. The number of hydrogen-bond donors (Lipinski definition) is 2. The van der Waals surface area contributed by atoms with Crippen molar-refractivity contribution < 1.29 is 4.79 Å². The topological polar surface area (TPSA) is 55.1 Å². The van der Waals surface area contributed by atoms with E-state index in [0.29, 0.717) is 12.5 Å². The van der Waals surface area contributed by atoms with Gasteiger partial charge in [0.2, 0.25) is 5.91 Å². The fraction of sp³-hybridized carbons (Fsp3) is 0.588. The number of hydrogen-bond acceptors (Lipinski definition) is 2. The third-order valence-corrected chi connectivity index (χ3v) is 4.92. The van der Waals surface area contributed by atoms with Gasteiger partial charge < -0.3 is 11.1 Å². The summed E-state index contributed by atoms with van der Waals surface area (Å²) in [5, 5.41) is 3.17. The predicted molar refractivity (Wildman–Crippen MR) is 90.0 cm³/mol. The van der Waals surface area contributed by atoms with E-state index in [0.717, 1.165) is 30.2 Å². The largest absolute Gasteiger partial charge is 0.353 e. The Labute approximate surface area is 135 Å². The van der Waals surface area contributed by atoms with E-state index in [-0.39, 0.29) is 17.9 Å².